The third-order valence-corrected chi connectivity index (χ3v) is 3.81. The molecule has 4 heteroatoms. The number of rotatable bonds is 4. The second-order valence-electron chi connectivity index (χ2n) is 6.24. The van der Waals surface area contributed by atoms with E-state index in [1.54, 1.807) is 0 Å². The maximum atomic E-state index is 12.0. The van der Waals surface area contributed by atoms with Crippen molar-refractivity contribution in [1.29, 1.82) is 0 Å². The lowest BCUT2D eigenvalue weighted by molar-refractivity contribution is -0.114. The summed E-state index contributed by atoms with van der Waals surface area (Å²) < 4.78 is 0.982. The molecule has 0 aliphatic heterocycles. The first-order valence-corrected chi connectivity index (χ1v) is 8.04. The number of benzene rings is 2. The number of carbonyl (C=O) groups excluding carboxylic acids is 1. The van der Waals surface area contributed by atoms with Crippen molar-refractivity contribution in [2.24, 2.45) is 0 Å². The molecule has 2 aromatic carbocycles. The molecule has 0 radical (unpaired) electrons. The smallest absolute Gasteiger partial charge is 0.243 e. The standard InChI is InChI=1S/C18H21BrN2O/c1-18(2,3)13-7-9-15(10-8-13)21-17(22)12-20-16-6-4-5-14(19)11-16/h4-11,20H,12H2,1-3H3,(H,21,22). The lowest BCUT2D eigenvalue weighted by atomic mass is 9.87. The van der Waals surface area contributed by atoms with Crippen molar-refractivity contribution < 1.29 is 4.79 Å². The molecule has 0 saturated carbocycles. The summed E-state index contributed by atoms with van der Waals surface area (Å²) in [5.74, 6) is -0.0662. The Labute approximate surface area is 140 Å². The van der Waals surface area contributed by atoms with Crippen molar-refractivity contribution in [2.45, 2.75) is 26.2 Å². The van der Waals surface area contributed by atoms with Gasteiger partial charge < -0.3 is 10.6 Å². The van der Waals surface area contributed by atoms with E-state index in [4.69, 9.17) is 0 Å². The van der Waals surface area contributed by atoms with Crippen molar-refractivity contribution in [2.75, 3.05) is 17.2 Å². The Morgan fingerprint density at radius 2 is 1.73 bits per heavy atom. The van der Waals surface area contributed by atoms with Gasteiger partial charge in [0.1, 0.15) is 0 Å². The summed E-state index contributed by atoms with van der Waals surface area (Å²) in [7, 11) is 0. The Hall–Kier alpha value is -1.81. The van der Waals surface area contributed by atoms with E-state index < -0.39 is 0 Å². The SMILES string of the molecule is CC(C)(C)c1ccc(NC(=O)CNc2cccc(Br)c2)cc1. The molecule has 0 heterocycles. The van der Waals surface area contributed by atoms with Gasteiger partial charge in [-0.05, 0) is 41.3 Å². The molecule has 2 rings (SSSR count). The zero-order valence-corrected chi connectivity index (χ0v) is 14.7. The molecular formula is C18H21BrN2O. The van der Waals surface area contributed by atoms with Gasteiger partial charge >= 0.3 is 0 Å². The number of halogens is 1. The van der Waals surface area contributed by atoms with Crippen LogP contribution in [0.4, 0.5) is 11.4 Å². The third kappa shape index (κ3) is 4.88. The lowest BCUT2D eigenvalue weighted by Gasteiger charge is -2.19. The topological polar surface area (TPSA) is 41.1 Å². The highest BCUT2D eigenvalue weighted by molar-refractivity contribution is 9.10. The fraction of sp³-hybridized carbons (Fsp3) is 0.278. The predicted octanol–water partition coefficient (Wildman–Crippen LogP) is 4.80. The zero-order chi connectivity index (χ0) is 16.2. The van der Waals surface area contributed by atoms with Crippen LogP contribution >= 0.6 is 15.9 Å². The van der Waals surface area contributed by atoms with E-state index in [1.807, 2.05) is 36.4 Å². The Morgan fingerprint density at radius 1 is 1.05 bits per heavy atom. The van der Waals surface area contributed by atoms with Gasteiger partial charge in [-0.25, -0.2) is 0 Å². The van der Waals surface area contributed by atoms with Crippen LogP contribution in [0.25, 0.3) is 0 Å². The number of hydrogen-bond donors (Lipinski definition) is 2. The maximum Gasteiger partial charge on any atom is 0.243 e. The molecular weight excluding hydrogens is 340 g/mol. The van der Waals surface area contributed by atoms with Crippen molar-refractivity contribution >= 4 is 33.2 Å². The molecule has 2 aromatic rings. The summed E-state index contributed by atoms with van der Waals surface area (Å²) in [6, 6.07) is 15.7. The van der Waals surface area contributed by atoms with E-state index in [9.17, 15) is 4.79 Å². The lowest BCUT2D eigenvalue weighted by Crippen LogP contribution is -2.21. The fourth-order valence-corrected chi connectivity index (χ4v) is 2.44. The second kappa shape index (κ2) is 6.97. The summed E-state index contributed by atoms with van der Waals surface area (Å²) in [6.45, 7) is 6.74. The fourth-order valence-electron chi connectivity index (χ4n) is 2.04. The number of hydrogen-bond acceptors (Lipinski definition) is 2. The van der Waals surface area contributed by atoms with Crippen molar-refractivity contribution in [3.63, 3.8) is 0 Å². The number of amides is 1. The molecule has 116 valence electrons. The average Bonchev–Trinajstić information content (AvgIpc) is 2.45. The van der Waals surface area contributed by atoms with E-state index in [0.29, 0.717) is 0 Å². The first kappa shape index (κ1) is 16.6. The quantitative estimate of drug-likeness (QED) is 0.822. The second-order valence-corrected chi connectivity index (χ2v) is 7.16. The van der Waals surface area contributed by atoms with Crippen LogP contribution in [0.15, 0.2) is 53.0 Å². The molecule has 0 fully saturated rings. The van der Waals surface area contributed by atoms with E-state index in [-0.39, 0.29) is 17.9 Å². The Kier molecular flexibility index (Phi) is 5.24. The summed E-state index contributed by atoms with van der Waals surface area (Å²) in [4.78, 5) is 12.0. The summed E-state index contributed by atoms with van der Waals surface area (Å²) >= 11 is 3.41. The van der Waals surface area contributed by atoms with Gasteiger partial charge in [-0.3, -0.25) is 4.79 Å². The normalized spacial score (nSPS) is 11.1. The Bertz CT molecular complexity index is 645. The summed E-state index contributed by atoms with van der Waals surface area (Å²) in [5.41, 5.74) is 3.09. The van der Waals surface area contributed by atoms with Gasteiger partial charge in [0, 0.05) is 15.8 Å². The van der Waals surface area contributed by atoms with Crippen LogP contribution in [0, 0.1) is 0 Å². The van der Waals surface area contributed by atoms with Crippen LogP contribution in [0.2, 0.25) is 0 Å². The van der Waals surface area contributed by atoms with E-state index in [1.165, 1.54) is 5.56 Å². The minimum Gasteiger partial charge on any atom is -0.376 e. The van der Waals surface area contributed by atoms with Crippen LogP contribution in [0.5, 0.6) is 0 Å². The predicted molar refractivity (Wildman–Crippen MR) is 96.4 cm³/mol. The highest BCUT2D eigenvalue weighted by atomic mass is 79.9. The number of nitrogens with one attached hydrogen (secondary N) is 2. The van der Waals surface area contributed by atoms with Gasteiger partial charge in [0.2, 0.25) is 5.91 Å². The molecule has 0 aliphatic rings. The van der Waals surface area contributed by atoms with Gasteiger partial charge in [-0.2, -0.15) is 0 Å². The highest BCUT2D eigenvalue weighted by Gasteiger charge is 2.13. The summed E-state index contributed by atoms with van der Waals surface area (Å²) in [5, 5.41) is 5.99. The van der Waals surface area contributed by atoms with E-state index in [2.05, 4.69) is 59.5 Å². The van der Waals surface area contributed by atoms with Gasteiger partial charge in [-0.1, -0.05) is 54.9 Å². The zero-order valence-electron chi connectivity index (χ0n) is 13.1. The number of anilines is 2. The molecule has 0 unspecified atom stereocenters. The molecule has 22 heavy (non-hydrogen) atoms. The van der Waals surface area contributed by atoms with Gasteiger partial charge in [0.25, 0.3) is 0 Å². The molecule has 1 amide bonds. The van der Waals surface area contributed by atoms with Crippen molar-refractivity contribution in [3.8, 4) is 0 Å². The van der Waals surface area contributed by atoms with Gasteiger partial charge in [0.05, 0.1) is 6.54 Å². The number of carbonyl (C=O) groups is 1. The van der Waals surface area contributed by atoms with Gasteiger partial charge in [0.15, 0.2) is 0 Å². The van der Waals surface area contributed by atoms with Crippen LogP contribution in [-0.4, -0.2) is 12.5 Å². The largest absolute Gasteiger partial charge is 0.376 e. The van der Waals surface area contributed by atoms with Crippen LogP contribution in [0.1, 0.15) is 26.3 Å². The monoisotopic (exact) mass is 360 g/mol. The van der Waals surface area contributed by atoms with E-state index in [0.717, 1.165) is 15.8 Å². The van der Waals surface area contributed by atoms with Crippen LogP contribution in [0.3, 0.4) is 0 Å². The molecule has 0 spiro atoms. The minimum absolute atomic E-state index is 0.0662. The van der Waals surface area contributed by atoms with Crippen LogP contribution < -0.4 is 10.6 Å². The van der Waals surface area contributed by atoms with Crippen LogP contribution in [-0.2, 0) is 10.2 Å². The molecule has 0 aromatic heterocycles. The molecule has 2 N–H and O–H groups in total. The average molecular weight is 361 g/mol. The molecule has 3 nitrogen and oxygen atoms in total. The Morgan fingerprint density at radius 3 is 2.32 bits per heavy atom. The molecule has 0 aliphatic carbocycles. The first-order valence-electron chi connectivity index (χ1n) is 7.24. The van der Waals surface area contributed by atoms with Gasteiger partial charge in [-0.15, -0.1) is 0 Å². The molecule has 0 bridgehead atoms. The molecule has 0 atom stereocenters. The third-order valence-electron chi connectivity index (χ3n) is 3.31. The Balaban J connectivity index is 1.89. The first-order chi connectivity index (χ1) is 10.3. The maximum absolute atomic E-state index is 12.0. The molecule has 0 saturated heterocycles. The van der Waals surface area contributed by atoms with E-state index >= 15 is 0 Å². The summed E-state index contributed by atoms with van der Waals surface area (Å²) in [6.07, 6.45) is 0. The minimum atomic E-state index is -0.0662. The highest BCUT2D eigenvalue weighted by Crippen LogP contribution is 2.23. The van der Waals surface area contributed by atoms with Crippen molar-refractivity contribution in [1.82, 2.24) is 0 Å². The van der Waals surface area contributed by atoms with Crippen molar-refractivity contribution in [3.05, 3.63) is 58.6 Å².